The normalized spacial score (nSPS) is 14.7. The molecule has 8 nitrogen and oxygen atoms in total. The molecule has 3 aromatic rings. The number of carbonyl (C=O) groups is 2. The Kier molecular flexibility index (Phi) is 4.77. The number of benzene rings is 2. The summed E-state index contributed by atoms with van der Waals surface area (Å²) in [6.07, 6.45) is 0.342. The van der Waals surface area contributed by atoms with Crippen molar-refractivity contribution in [1.82, 2.24) is 14.7 Å². The topological polar surface area (TPSA) is 112 Å². The molecule has 1 saturated heterocycles. The van der Waals surface area contributed by atoms with Crippen LogP contribution in [0.4, 0.5) is 5.69 Å². The van der Waals surface area contributed by atoms with Crippen molar-refractivity contribution in [1.29, 1.82) is 0 Å². The van der Waals surface area contributed by atoms with Crippen molar-refractivity contribution in [3.63, 3.8) is 0 Å². The molecule has 0 aliphatic carbocycles. The number of sulfonamides is 1. The van der Waals surface area contributed by atoms with Crippen molar-refractivity contribution in [3.8, 4) is 0 Å². The molecule has 148 valence electrons. The van der Waals surface area contributed by atoms with E-state index in [0.29, 0.717) is 17.1 Å². The molecule has 0 bridgehead atoms. The lowest BCUT2D eigenvalue weighted by Gasteiger charge is -2.14. The average molecular weight is 410 g/mol. The molecule has 0 radical (unpaired) electrons. The fraction of sp³-hybridized carbons (Fsp3) is 0.150. The maximum atomic E-state index is 12.6. The summed E-state index contributed by atoms with van der Waals surface area (Å²) in [5.74, 6) is -0.0629. The highest BCUT2D eigenvalue weighted by Gasteiger charge is 2.30. The zero-order valence-electron chi connectivity index (χ0n) is 15.4. The van der Waals surface area contributed by atoms with Gasteiger partial charge in [-0.1, -0.05) is 18.7 Å². The first-order valence-corrected chi connectivity index (χ1v) is 10.4. The number of fused-ring (bicyclic) bond motifs is 1. The van der Waals surface area contributed by atoms with E-state index in [0.717, 1.165) is 15.9 Å². The summed E-state index contributed by atoms with van der Waals surface area (Å²) in [4.78, 5) is 32.2. The Morgan fingerprint density at radius 1 is 1.07 bits per heavy atom. The van der Waals surface area contributed by atoms with Crippen LogP contribution in [0.25, 0.3) is 16.6 Å². The lowest BCUT2D eigenvalue weighted by atomic mass is 10.3. The van der Waals surface area contributed by atoms with Gasteiger partial charge in [0.2, 0.25) is 21.8 Å². The Morgan fingerprint density at radius 2 is 1.72 bits per heavy atom. The lowest BCUT2D eigenvalue weighted by molar-refractivity contribution is -0.121. The van der Waals surface area contributed by atoms with Crippen LogP contribution in [0.2, 0.25) is 0 Å². The van der Waals surface area contributed by atoms with E-state index in [4.69, 9.17) is 0 Å². The molecule has 2 aromatic carbocycles. The van der Waals surface area contributed by atoms with Crippen molar-refractivity contribution >= 4 is 44.1 Å². The van der Waals surface area contributed by atoms with Gasteiger partial charge in [0.25, 0.3) is 0 Å². The van der Waals surface area contributed by atoms with Crippen molar-refractivity contribution in [2.75, 3.05) is 11.4 Å². The Balaban J connectivity index is 1.46. The van der Waals surface area contributed by atoms with Gasteiger partial charge in [-0.15, -0.1) is 0 Å². The van der Waals surface area contributed by atoms with E-state index in [1.165, 1.54) is 24.3 Å². The van der Waals surface area contributed by atoms with Gasteiger partial charge in [-0.05, 0) is 36.4 Å². The molecular formula is C20H18N4O4S. The highest BCUT2D eigenvalue weighted by atomic mass is 32.2. The van der Waals surface area contributed by atoms with E-state index in [-0.39, 0.29) is 36.1 Å². The first-order chi connectivity index (χ1) is 13.8. The molecule has 2 heterocycles. The van der Waals surface area contributed by atoms with Crippen LogP contribution in [0, 0.1) is 0 Å². The highest BCUT2D eigenvalue weighted by molar-refractivity contribution is 7.89. The molecule has 1 aliphatic rings. The van der Waals surface area contributed by atoms with Crippen LogP contribution < -0.4 is 9.62 Å². The van der Waals surface area contributed by atoms with Crippen LogP contribution in [0.1, 0.15) is 18.7 Å². The predicted octanol–water partition coefficient (Wildman–Crippen LogP) is 2.21. The van der Waals surface area contributed by atoms with Gasteiger partial charge in [0, 0.05) is 25.0 Å². The van der Waals surface area contributed by atoms with Gasteiger partial charge >= 0.3 is 0 Å². The SMILES string of the molecule is C=C(CNS(=O)(=O)c1ccc(N2C(=O)CCC2=O)cc1)c1nc2ccccc2[nH]1. The highest BCUT2D eigenvalue weighted by Crippen LogP contribution is 2.24. The molecule has 1 fully saturated rings. The molecule has 0 unspecified atom stereocenters. The number of anilines is 1. The molecule has 0 atom stereocenters. The number of nitrogens with zero attached hydrogens (tertiary/aromatic N) is 2. The molecule has 1 aliphatic heterocycles. The van der Waals surface area contributed by atoms with Crippen LogP contribution >= 0.6 is 0 Å². The van der Waals surface area contributed by atoms with Gasteiger partial charge in [-0.25, -0.2) is 18.1 Å². The summed E-state index contributed by atoms with van der Waals surface area (Å²) >= 11 is 0. The second-order valence-electron chi connectivity index (χ2n) is 6.65. The van der Waals surface area contributed by atoms with Gasteiger partial charge < -0.3 is 4.98 Å². The van der Waals surface area contributed by atoms with Crippen LogP contribution in [-0.4, -0.2) is 36.7 Å². The monoisotopic (exact) mass is 410 g/mol. The number of aromatic amines is 1. The van der Waals surface area contributed by atoms with Crippen LogP contribution in [0.5, 0.6) is 0 Å². The van der Waals surface area contributed by atoms with Crippen LogP contribution in [0.15, 0.2) is 60.0 Å². The number of imide groups is 1. The zero-order valence-corrected chi connectivity index (χ0v) is 16.2. The first kappa shape index (κ1) is 19.0. The summed E-state index contributed by atoms with van der Waals surface area (Å²) < 4.78 is 27.6. The Morgan fingerprint density at radius 3 is 2.38 bits per heavy atom. The van der Waals surface area contributed by atoms with E-state index < -0.39 is 10.0 Å². The number of rotatable bonds is 6. The summed E-state index contributed by atoms with van der Waals surface area (Å²) in [5, 5.41) is 0. The van der Waals surface area contributed by atoms with Gasteiger partial charge in [-0.2, -0.15) is 0 Å². The summed E-state index contributed by atoms with van der Waals surface area (Å²) in [6.45, 7) is 3.88. The number of amides is 2. The molecule has 0 saturated carbocycles. The zero-order chi connectivity index (χ0) is 20.6. The van der Waals surface area contributed by atoms with Crippen molar-refractivity contribution in [2.45, 2.75) is 17.7 Å². The standard InChI is InChI=1S/C20H18N4O4S/c1-13(20-22-16-4-2-3-5-17(16)23-20)12-21-29(27,28)15-8-6-14(7-9-15)24-18(25)10-11-19(24)26/h2-9,21H,1,10-12H2,(H,22,23). The Hall–Kier alpha value is -3.30. The van der Waals surface area contributed by atoms with E-state index in [9.17, 15) is 18.0 Å². The minimum atomic E-state index is -3.80. The van der Waals surface area contributed by atoms with Gasteiger partial charge in [0.05, 0.1) is 21.6 Å². The fourth-order valence-electron chi connectivity index (χ4n) is 3.11. The number of para-hydroxylation sites is 2. The summed E-state index contributed by atoms with van der Waals surface area (Å²) in [7, 11) is -3.80. The minimum absolute atomic E-state index is 0.0208. The van der Waals surface area contributed by atoms with E-state index in [1.54, 1.807) is 0 Å². The Labute approximate surface area is 167 Å². The van der Waals surface area contributed by atoms with E-state index in [1.807, 2.05) is 24.3 Å². The smallest absolute Gasteiger partial charge is 0.240 e. The quantitative estimate of drug-likeness (QED) is 0.605. The largest absolute Gasteiger partial charge is 0.338 e. The lowest BCUT2D eigenvalue weighted by Crippen LogP contribution is -2.29. The number of hydrogen-bond donors (Lipinski definition) is 2. The fourth-order valence-corrected chi connectivity index (χ4v) is 4.13. The Bertz CT molecular complexity index is 1180. The van der Waals surface area contributed by atoms with E-state index in [2.05, 4.69) is 21.3 Å². The van der Waals surface area contributed by atoms with Gasteiger partial charge in [-0.3, -0.25) is 14.5 Å². The van der Waals surface area contributed by atoms with Crippen LogP contribution in [0.3, 0.4) is 0 Å². The molecule has 4 rings (SSSR count). The maximum Gasteiger partial charge on any atom is 0.240 e. The van der Waals surface area contributed by atoms with Gasteiger partial charge in [0.15, 0.2) is 0 Å². The number of aromatic nitrogens is 2. The second kappa shape index (κ2) is 7.26. The van der Waals surface area contributed by atoms with Gasteiger partial charge in [0.1, 0.15) is 5.82 Å². The van der Waals surface area contributed by atoms with Crippen molar-refractivity contribution in [2.24, 2.45) is 0 Å². The summed E-state index contributed by atoms with van der Waals surface area (Å²) in [5.41, 5.74) is 2.47. The molecule has 2 amide bonds. The molecule has 29 heavy (non-hydrogen) atoms. The van der Waals surface area contributed by atoms with E-state index >= 15 is 0 Å². The average Bonchev–Trinajstić information content (AvgIpc) is 3.29. The number of imidazole rings is 1. The third-order valence-corrected chi connectivity index (χ3v) is 6.07. The third kappa shape index (κ3) is 3.69. The van der Waals surface area contributed by atoms with Crippen molar-refractivity contribution in [3.05, 3.63) is 60.9 Å². The molecule has 0 spiro atoms. The second-order valence-corrected chi connectivity index (χ2v) is 8.41. The summed E-state index contributed by atoms with van der Waals surface area (Å²) in [6, 6.07) is 13.1. The third-order valence-electron chi connectivity index (χ3n) is 4.66. The number of hydrogen-bond acceptors (Lipinski definition) is 5. The van der Waals surface area contributed by atoms with Crippen LogP contribution in [-0.2, 0) is 19.6 Å². The number of carbonyl (C=O) groups excluding carboxylic acids is 2. The molecule has 2 N–H and O–H groups in total. The number of nitrogens with one attached hydrogen (secondary N) is 2. The number of H-pyrrole nitrogens is 1. The minimum Gasteiger partial charge on any atom is -0.338 e. The van der Waals surface area contributed by atoms with Crippen molar-refractivity contribution < 1.29 is 18.0 Å². The molecular weight excluding hydrogens is 392 g/mol. The predicted molar refractivity (Wildman–Crippen MR) is 108 cm³/mol. The maximum absolute atomic E-state index is 12.6. The molecule has 9 heteroatoms. The first-order valence-electron chi connectivity index (χ1n) is 8.93. The molecule has 1 aromatic heterocycles.